The largest absolute Gasteiger partial charge is 0.483 e. The van der Waals surface area contributed by atoms with Crippen LogP contribution in [-0.4, -0.2) is 34.6 Å². The van der Waals surface area contributed by atoms with Crippen molar-refractivity contribution in [1.29, 1.82) is 0 Å². The van der Waals surface area contributed by atoms with Crippen molar-refractivity contribution in [3.8, 4) is 0 Å². The van der Waals surface area contributed by atoms with E-state index in [0.29, 0.717) is 5.82 Å². The molecule has 0 spiro atoms. The number of pyridine rings is 1. The Balaban J connectivity index is 2.15. The van der Waals surface area contributed by atoms with Gasteiger partial charge >= 0.3 is 6.18 Å². The van der Waals surface area contributed by atoms with Crippen molar-refractivity contribution >= 4 is 11.7 Å². The van der Waals surface area contributed by atoms with E-state index in [0.717, 1.165) is 5.56 Å². The SMILES string of the molecule is CC(C)C(=O)Nc1cc(C(C)N2C=C(OCC(F)(F)F)C=CC2C)ccn1. The Kier molecular flexibility index (Phi) is 6.51. The first-order valence-electron chi connectivity index (χ1n) is 8.70. The van der Waals surface area contributed by atoms with Gasteiger partial charge in [0.2, 0.25) is 5.91 Å². The molecule has 1 aromatic heterocycles. The molecule has 0 saturated heterocycles. The quantitative estimate of drug-likeness (QED) is 0.790. The second kappa shape index (κ2) is 8.45. The number of carbonyl (C=O) groups excluding carboxylic acids is 1. The Morgan fingerprint density at radius 3 is 2.70 bits per heavy atom. The molecule has 8 heteroatoms. The maximum Gasteiger partial charge on any atom is 0.422 e. The van der Waals surface area contributed by atoms with E-state index in [-0.39, 0.29) is 29.7 Å². The number of hydrogen-bond acceptors (Lipinski definition) is 4. The molecule has 5 nitrogen and oxygen atoms in total. The lowest BCUT2D eigenvalue weighted by Crippen LogP contribution is -2.32. The molecule has 0 aromatic carbocycles. The minimum absolute atomic E-state index is 0.0277. The molecule has 1 aromatic rings. The molecule has 148 valence electrons. The second-order valence-electron chi connectivity index (χ2n) is 6.78. The fourth-order valence-corrected chi connectivity index (χ4v) is 2.57. The summed E-state index contributed by atoms with van der Waals surface area (Å²) >= 11 is 0. The zero-order chi connectivity index (χ0) is 20.2. The minimum Gasteiger partial charge on any atom is -0.483 e. The van der Waals surface area contributed by atoms with Crippen molar-refractivity contribution in [2.75, 3.05) is 11.9 Å². The molecule has 0 radical (unpaired) electrons. The Hall–Kier alpha value is -2.51. The second-order valence-corrected chi connectivity index (χ2v) is 6.78. The lowest BCUT2D eigenvalue weighted by atomic mass is 10.0. The zero-order valence-corrected chi connectivity index (χ0v) is 15.7. The fourth-order valence-electron chi connectivity index (χ4n) is 2.57. The number of hydrogen-bond donors (Lipinski definition) is 1. The molecule has 2 unspecified atom stereocenters. The van der Waals surface area contributed by atoms with E-state index in [1.54, 1.807) is 44.5 Å². The number of allylic oxidation sites excluding steroid dienone is 1. The molecule has 2 rings (SSSR count). The number of nitrogens with one attached hydrogen (secondary N) is 1. The molecule has 0 fully saturated rings. The Bertz CT molecular complexity index is 729. The third-order valence-electron chi connectivity index (χ3n) is 4.18. The van der Waals surface area contributed by atoms with E-state index in [2.05, 4.69) is 10.3 Å². The number of anilines is 1. The van der Waals surface area contributed by atoms with Crippen LogP contribution in [0.25, 0.3) is 0 Å². The summed E-state index contributed by atoms with van der Waals surface area (Å²) < 4.78 is 42.0. The molecular weight excluding hydrogens is 359 g/mol. The first-order chi connectivity index (χ1) is 12.6. The van der Waals surface area contributed by atoms with Gasteiger partial charge in [-0.15, -0.1) is 0 Å². The maximum absolute atomic E-state index is 12.4. The van der Waals surface area contributed by atoms with Crippen LogP contribution in [0.1, 0.15) is 39.3 Å². The van der Waals surface area contributed by atoms with Crippen molar-refractivity contribution in [3.05, 3.63) is 48.0 Å². The molecule has 1 aliphatic heterocycles. The van der Waals surface area contributed by atoms with E-state index in [4.69, 9.17) is 4.74 Å². The highest BCUT2D eigenvalue weighted by Crippen LogP contribution is 2.29. The molecule has 0 saturated carbocycles. The van der Waals surface area contributed by atoms with E-state index in [1.807, 2.05) is 24.8 Å². The summed E-state index contributed by atoms with van der Waals surface area (Å²) in [6.45, 7) is 6.11. The van der Waals surface area contributed by atoms with Gasteiger partial charge in [0.1, 0.15) is 11.6 Å². The third kappa shape index (κ3) is 6.01. The third-order valence-corrected chi connectivity index (χ3v) is 4.18. The summed E-state index contributed by atoms with van der Waals surface area (Å²) in [5.74, 6) is 0.288. The van der Waals surface area contributed by atoms with Crippen LogP contribution in [0, 0.1) is 5.92 Å². The minimum atomic E-state index is -4.39. The van der Waals surface area contributed by atoms with Crippen molar-refractivity contribution in [2.45, 2.75) is 46.0 Å². The standard InChI is InChI=1S/C19H24F3N3O2/c1-12(2)18(26)24-17-9-15(7-8-23-17)14(4)25-10-16(6-5-13(25)3)27-11-19(20,21)22/h5-10,12-14H,11H2,1-4H3,(H,23,24,26). The van der Waals surface area contributed by atoms with Crippen LogP contribution in [0.2, 0.25) is 0 Å². The van der Waals surface area contributed by atoms with Gasteiger partial charge in [0.05, 0.1) is 6.04 Å². The van der Waals surface area contributed by atoms with Gasteiger partial charge in [-0.05, 0) is 37.6 Å². The topological polar surface area (TPSA) is 54.5 Å². The number of rotatable bonds is 6. The Morgan fingerprint density at radius 2 is 2.07 bits per heavy atom. The van der Waals surface area contributed by atoms with Crippen LogP contribution < -0.4 is 5.32 Å². The van der Waals surface area contributed by atoms with Crippen molar-refractivity contribution < 1.29 is 22.7 Å². The summed E-state index contributed by atoms with van der Waals surface area (Å²) in [6.07, 6.45) is 2.11. The number of carbonyl (C=O) groups is 1. The summed E-state index contributed by atoms with van der Waals surface area (Å²) in [6, 6.07) is 3.39. The number of ether oxygens (including phenoxy) is 1. The van der Waals surface area contributed by atoms with Gasteiger partial charge in [-0.25, -0.2) is 4.98 Å². The molecule has 1 aliphatic rings. The molecule has 2 atom stereocenters. The molecule has 1 N–H and O–H groups in total. The predicted molar refractivity (Wildman–Crippen MR) is 96.7 cm³/mol. The van der Waals surface area contributed by atoms with E-state index >= 15 is 0 Å². The van der Waals surface area contributed by atoms with Crippen molar-refractivity contribution in [2.24, 2.45) is 5.92 Å². The first kappa shape index (κ1) is 20.8. The highest BCUT2D eigenvalue weighted by atomic mass is 19.4. The van der Waals surface area contributed by atoms with Gasteiger partial charge in [-0.3, -0.25) is 4.79 Å². The fraction of sp³-hybridized carbons (Fsp3) is 0.474. The van der Waals surface area contributed by atoms with Crippen LogP contribution in [0.5, 0.6) is 0 Å². The van der Waals surface area contributed by atoms with Crippen molar-refractivity contribution in [3.63, 3.8) is 0 Å². The summed E-state index contributed by atoms with van der Waals surface area (Å²) in [5, 5.41) is 2.75. The van der Waals surface area contributed by atoms with Crippen LogP contribution in [0.15, 0.2) is 42.4 Å². The van der Waals surface area contributed by atoms with E-state index < -0.39 is 12.8 Å². The molecule has 1 amide bonds. The smallest absolute Gasteiger partial charge is 0.422 e. The lowest BCUT2D eigenvalue weighted by molar-refractivity contribution is -0.164. The molecule has 2 heterocycles. The molecular formula is C19H24F3N3O2. The summed E-state index contributed by atoms with van der Waals surface area (Å²) in [4.78, 5) is 17.9. The summed E-state index contributed by atoms with van der Waals surface area (Å²) in [7, 11) is 0. The molecule has 0 bridgehead atoms. The number of alkyl halides is 3. The highest BCUT2D eigenvalue weighted by molar-refractivity contribution is 5.91. The number of amides is 1. The molecule has 27 heavy (non-hydrogen) atoms. The van der Waals surface area contributed by atoms with Gasteiger partial charge < -0.3 is 15.0 Å². The molecule has 0 aliphatic carbocycles. The van der Waals surface area contributed by atoms with Crippen LogP contribution in [0.4, 0.5) is 19.0 Å². The van der Waals surface area contributed by atoms with Gasteiger partial charge in [0.25, 0.3) is 0 Å². The average molecular weight is 383 g/mol. The van der Waals surface area contributed by atoms with Crippen LogP contribution >= 0.6 is 0 Å². The number of aromatic nitrogens is 1. The van der Waals surface area contributed by atoms with Gasteiger partial charge in [0.15, 0.2) is 6.61 Å². The Labute approximate surface area is 156 Å². The average Bonchev–Trinajstić information content (AvgIpc) is 2.60. The zero-order valence-electron chi connectivity index (χ0n) is 15.7. The monoisotopic (exact) mass is 383 g/mol. The van der Waals surface area contributed by atoms with Gasteiger partial charge in [0, 0.05) is 24.4 Å². The van der Waals surface area contributed by atoms with E-state index in [9.17, 15) is 18.0 Å². The summed E-state index contributed by atoms with van der Waals surface area (Å²) in [5.41, 5.74) is 0.873. The van der Waals surface area contributed by atoms with Gasteiger partial charge in [-0.2, -0.15) is 13.2 Å². The number of halogens is 3. The van der Waals surface area contributed by atoms with Crippen LogP contribution in [-0.2, 0) is 9.53 Å². The normalized spacial score (nSPS) is 18.3. The van der Waals surface area contributed by atoms with E-state index in [1.165, 1.54) is 0 Å². The van der Waals surface area contributed by atoms with Gasteiger partial charge in [-0.1, -0.05) is 19.9 Å². The highest BCUT2D eigenvalue weighted by Gasteiger charge is 2.29. The number of nitrogens with zero attached hydrogens (tertiary/aromatic N) is 2. The predicted octanol–water partition coefficient (Wildman–Crippen LogP) is 4.42. The van der Waals surface area contributed by atoms with Crippen molar-refractivity contribution in [1.82, 2.24) is 9.88 Å². The Morgan fingerprint density at radius 1 is 1.37 bits per heavy atom. The van der Waals surface area contributed by atoms with Crippen LogP contribution in [0.3, 0.4) is 0 Å². The lowest BCUT2D eigenvalue weighted by Gasteiger charge is -2.35. The maximum atomic E-state index is 12.4. The first-order valence-corrected chi connectivity index (χ1v) is 8.70.